The lowest BCUT2D eigenvalue weighted by Gasteiger charge is -2.09. The Hall–Kier alpha value is -2.63. The minimum absolute atomic E-state index is 0.421. The van der Waals surface area contributed by atoms with Gasteiger partial charge in [0.05, 0.1) is 24.2 Å². The quantitative estimate of drug-likeness (QED) is 0.608. The molecule has 4 nitrogen and oxygen atoms in total. The molecule has 24 heavy (non-hydrogen) atoms. The van der Waals surface area contributed by atoms with E-state index in [1.807, 2.05) is 36.4 Å². The lowest BCUT2D eigenvalue weighted by Crippen LogP contribution is -2.03. The van der Waals surface area contributed by atoms with Crippen molar-refractivity contribution < 1.29 is 4.74 Å². The van der Waals surface area contributed by atoms with Crippen LogP contribution in [-0.4, -0.2) is 16.5 Å². The van der Waals surface area contributed by atoms with Gasteiger partial charge in [0.25, 0.3) is 0 Å². The molecule has 0 aliphatic carbocycles. The highest BCUT2D eigenvalue weighted by Crippen LogP contribution is 2.36. The van der Waals surface area contributed by atoms with Gasteiger partial charge in [-0.05, 0) is 12.1 Å². The van der Waals surface area contributed by atoms with Gasteiger partial charge in [0.1, 0.15) is 5.75 Å². The summed E-state index contributed by atoms with van der Waals surface area (Å²) in [5.41, 5.74) is 11.2. The highest BCUT2D eigenvalue weighted by atomic mass is 32.1. The molecule has 2 N–H and O–H groups in total. The van der Waals surface area contributed by atoms with E-state index in [2.05, 4.69) is 28.0 Å². The summed E-state index contributed by atoms with van der Waals surface area (Å²) in [6.45, 7) is 0.421. The number of benzene rings is 2. The van der Waals surface area contributed by atoms with Crippen molar-refractivity contribution in [2.24, 2.45) is 5.73 Å². The van der Waals surface area contributed by atoms with Crippen molar-refractivity contribution in [1.82, 2.24) is 9.38 Å². The van der Waals surface area contributed by atoms with Gasteiger partial charge < -0.3 is 10.5 Å². The van der Waals surface area contributed by atoms with E-state index in [4.69, 9.17) is 15.5 Å². The monoisotopic (exact) mass is 335 g/mol. The Morgan fingerprint density at radius 2 is 1.83 bits per heavy atom. The molecule has 2 aromatic carbocycles. The van der Waals surface area contributed by atoms with Crippen molar-refractivity contribution in [2.45, 2.75) is 6.54 Å². The number of aromatic nitrogens is 2. The molecule has 0 amide bonds. The molecule has 120 valence electrons. The van der Waals surface area contributed by atoms with Crippen LogP contribution in [0, 0.1) is 0 Å². The zero-order chi connectivity index (χ0) is 16.5. The predicted octanol–water partition coefficient (Wildman–Crippen LogP) is 4.20. The molecule has 0 bridgehead atoms. The van der Waals surface area contributed by atoms with Crippen LogP contribution in [0.5, 0.6) is 5.75 Å². The molecule has 0 aliphatic rings. The van der Waals surface area contributed by atoms with Crippen LogP contribution in [0.2, 0.25) is 0 Å². The number of nitrogens with zero attached hydrogens (tertiary/aromatic N) is 2. The summed E-state index contributed by atoms with van der Waals surface area (Å²) < 4.78 is 7.67. The standard InChI is InChI=1S/C19H17N3OS/c1-23-17-10-6-5-9-14(17)16-12-24-19-21-18(15(11-20)22(16)19)13-7-3-2-4-8-13/h2-10,12H,11,20H2,1H3. The van der Waals surface area contributed by atoms with E-state index >= 15 is 0 Å². The van der Waals surface area contributed by atoms with Crippen molar-refractivity contribution in [3.63, 3.8) is 0 Å². The molecule has 0 radical (unpaired) electrons. The molecule has 4 aromatic rings. The van der Waals surface area contributed by atoms with Crippen molar-refractivity contribution in [3.8, 4) is 28.3 Å². The Labute approximate surface area is 144 Å². The second-order valence-electron chi connectivity index (χ2n) is 5.42. The summed E-state index contributed by atoms with van der Waals surface area (Å²) in [7, 11) is 1.69. The van der Waals surface area contributed by atoms with Crippen LogP contribution >= 0.6 is 11.3 Å². The van der Waals surface area contributed by atoms with E-state index in [0.717, 1.165) is 38.9 Å². The maximum Gasteiger partial charge on any atom is 0.195 e. The lowest BCUT2D eigenvalue weighted by molar-refractivity contribution is 0.416. The predicted molar refractivity (Wildman–Crippen MR) is 98.4 cm³/mol. The highest BCUT2D eigenvalue weighted by molar-refractivity contribution is 7.15. The first-order valence-electron chi connectivity index (χ1n) is 7.71. The Kier molecular flexibility index (Phi) is 3.80. The van der Waals surface area contributed by atoms with Crippen LogP contribution in [-0.2, 0) is 6.54 Å². The van der Waals surface area contributed by atoms with Crippen LogP contribution < -0.4 is 10.5 Å². The van der Waals surface area contributed by atoms with Crippen molar-refractivity contribution in [3.05, 3.63) is 65.7 Å². The second-order valence-corrected chi connectivity index (χ2v) is 6.25. The third-order valence-electron chi connectivity index (χ3n) is 4.08. The first-order valence-corrected chi connectivity index (χ1v) is 8.59. The van der Waals surface area contributed by atoms with Crippen LogP contribution in [0.25, 0.3) is 27.5 Å². The SMILES string of the molecule is COc1ccccc1-c1csc2nc(-c3ccccc3)c(CN)n12. The molecule has 0 saturated carbocycles. The molecule has 0 fully saturated rings. The van der Waals surface area contributed by atoms with Gasteiger partial charge in [-0.3, -0.25) is 4.40 Å². The van der Waals surface area contributed by atoms with E-state index in [1.54, 1.807) is 18.4 Å². The van der Waals surface area contributed by atoms with E-state index in [1.165, 1.54) is 0 Å². The van der Waals surface area contributed by atoms with Crippen LogP contribution in [0.15, 0.2) is 60.0 Å². The minimum Gasteiger partial charge on any atom is -0.496 e. The molecular formula is C19H17N3OS. The highest BCUT2D eigenvalue weighted by Gasteiger charge is 2.19. The Bertz CT molecular complexity index is 988. The van der Waals surface area contributed by atoms with E-state index in [9.17, 15) is 0 Å². The second kappa shape index (κ2) is 6.11. The van der Waals surface area contributed by atoms with Gasteiger partial charge in [0, 0.05) is 23.1 Å². The van der Waals surface area contributed by atoms with Crippen LogP contribution in [0.4, 0.5) is 0 Å². The largest absolute Gasteiger partial charge is 0.496 e. The third kappa shape index (κ3) is 2.29. The summed E-state index contributed by atoms with van der Waals surface area (Å²) in [5.74, 6) is 0.843. The van der Waals surface area contributed by atoms with E-state index in [0.29, 0.717) is 6.54 Å². The summed E-state index contributed by atoms with van der Waals surface area (Å²) in [6, 6.07) is 18.2. The number of fused-ring (bicyclic) bond motifs is 1. The summed E-state index contributed by atoms with van der Waals surface area (Å²) >= 11 is 1.61. The fourth-order valence-corrected chi connectivity index (χ4v) is 3.88. The minimum atomic E-state index is 0.421. The van der Waals surface area contributed by atoms with E-state index in [-0.39, 0.29) is 0 Å². The smallest absolute Gasteiger partial charge is 0.195 e. The molecular weight excluding hydrogens is 318 g/mol. The summed E-state index contributed by atoms with van der Waals surface area (Å²) in [6.07, 6.45) is 0. The number of nitrogens with two attached hydrogens (primary N) is 1. The molecule has 0 aliphatic heterocycles. The van der Waals surface area contributed by atoms with Gasteiger partial charge >= 0.3 is 0 Å². The van der Waals surface area contributed by atoms with Gasteiger partial charge in [0.2, 0.25) is 0 Å². The van der Waals surface area contributed by atoms with E-state index < -0.39 is 0 Å². The van der Waals surface area contributed by atoms with Crippen LogP contribution in [0.3, 0.4) is 0 Å². The fraction of sp³-hybridized carbons (Fsp3) is 0.105. The van der Waals surface area contributed by atoms with Gasteiger partial charge in [0.15, 0.2) is 4.96 Å². The average Bonchev–Trinajstić information content (AvgIpc) is 3.21. The van der Waals surface area contributed by atoms with Gasteiger partial charge in [-0.25, -0.2) is 4.98 Å². The zero-order valence-corrected chi connectivity index (χ0v) is 14.1. The van der Waals surface area contributed by atoms with Crippen LogP contribution in [0.1, 0.15) is 5.69 Å². The number of hydrogen-bond acceptors (Lipinski definition) is 4. The maximum absolute atomic E-state index is 6.09. The number of hydrogen-bond donors (Lipinski definition) is 1. The number of rotatable bonds is 4. The first kappa shape index (κ1) is 14.9. The lowest BCUT2D eigenvalue weighted by atomic mass is 10.1. The molecule has 2 aromatic heterocycles. The average molecular weight is 335 g/mol. The zero-order valence-electron chi connectivity index (χ0n) is 13.3. The summed E-state index contributed by atoms with van der Waals surface area (Å²) in [4.78, 5) is 5.76. The number of imidazole rings is 1. The number of para-hydroxylation sites is 1. The van der Waals surface area contributed by atoms with Crippen molar-refractivity contribution >= 4 is 16.3 Å². The summed E-state index contributed by atoms with van der Waals surface area (Å²) in [5, 5.41) is 2.11. The molecule has 0 spiro atoms. The molecule has 0 unspecified atom stereocenters. The Morgan fingerprint density at radius 3 is 2.58 bits per heavy atom. The van der Waals surface area contributed by atoms with Gasteiger partial charge in [-0.1, -0.05) is 42.5 Å². The fourth-order valence-electron chi connectivity index (χ4n) is 2.98. The molecule has 5 heteroatoms. The van der Waals surface area contributed by atoms with Gasteiger partial charge in [-0.15, -0.1) is 11.3 Å². The number of thiazole rings is 1. The van der Waals surface area contributed by atoms with Crippen molar-refractivity contribution in [2.75, 3.05) is 7.11 Å². The maximum atomic E-state index is 6.09. The Balaban J connectivity index is 1.98. The molecule has 0 saturated heterocycles. The first-order chi connectivity index (χ1) is 11.8. The normalized spacial score (nSPS) is 11.1. The van der Waals surface area contributed by atoms with Gasteiger partial charge in [-0.2, -0.15) is 0 Å². The third-order valence-corrected chi connectivity index (χ3v) is 4.91. The topological polar surface area (TPSA) is 52.5 Å². The molecule has 2 heterocycles. The van der Waals surface area contributed by atoms with Crippen molar-refractivity contribution in [1.29, 1.82) is 0 Å². The number of methoxy groups -OCH3 is 1. The number of ether oxygens (including phenoxy) is 1. The Morgan fingerprint density at radius 1 is 1.08 bits per heavy atom. The molecule has 0 atom stereocenters. The molecule has 4 rings (SSSR count).